The zero-order valence-corrected chi connectivity index (χ0v) is 17.9. The van der Waals surface area contributed by atoms with Crippen LogP contribution in [0, 0.1) is 0 Å². The van der Waals surface area contributed by atoms with Gasteiger partial charge in [-0.1, -0.05) is 11.6 Å². The van der Waals surface area contributed by atoms with Crippen molar-refractivity contribution >= 4 is 39.9 Å². The third-order valence-corrected chi connectivity index (χ3v) is 5.21. The minimum atomic E-state index is -1.12. The van der Waals surface area contributed by atoms with E-state index in [1.807, 2.05) is 30.5 Å². The van der Waals surface area contributed by atoms with E-state index in [1.54, 1.807) is 62.4 Å². The maximum absolute atomic E-state index is 12.8. The van der Waals surface area contributed by atoms with Crippen LogP contribution in [0.25, 0.3) is 10.9 Å². The minimum absolute atomic E-state index is 0.111. The van der Waals surface area contributed by atoms with Crippen LogP contribution in [0.15, 0.2) is 79.0 Å². The highest BCUT2D eigenvalue weighted by Gasteiger charge is 2.30. The fraction of sp³-hybridized carbons (Fsp3) is 0.120. The van der Waals surface area contributed by atoms with E-state index in [0.717, 1.165) is 10.9 Å². The monoisotopic (exact) mass is 432 g/mol. The Kier molecular flexibility index (Phi) is 5.53. The lowest BCUT2D eigenvalue weighted by Crippen LogP contribution is -2.42. The number of ether oxygens (including phenoxy) is 1. The molecule has 3 aromatic carbocycles. The van der Waals surface area contributed by atoms with Gasteiger partial charge in [-0.2, -0.15) is 0 Å². The first-order valence-electron chi connectivity index (χ1n) is 9.80. The number of carbonyl (C=O) groups is 2. The van der Waals surface area contributed by atoms with Crippen molar-refractivity contribution in [3.05, 3.63) is 95.1 Å². The maximum atomic E-state index is 12.8. The summed E-state index contributed by atoms with van der Waals surface area (Å²) in [5, 5.41) is 4.49. The number of fused-ring (bicyclic) bond motifs is 1. The summed E-state index contributed by atoms with van der Waals surface area (Å²) < 4.78 is 5.92. The molecule has 0 atom stereocenters. The minimum Gasteiger partial charge on any atom is -0.478 e. The van der Waals surface area contributed by atoms with Gasteiger partial charge in [0.1, 0.15) is 5.75 Å². The Bertz CT molecular complexity index is 1240. The molecule has 6 heteroatoms. The average Bonchev–Trinajstić information content (AvgIpc) is 3.22. The van der Waals surface area contributed by atoms with Gasteiger partial charge in [0, 0.05) is 38.9 Å². The number of hydrogen-bond acceptors (Lipinski definition) is 3. The van der Waals surface area contributed by atoms with E-state index in [0.29, 0.717) is 27.6 Å². The van der Waals surface area contributed by atoms with Crippen LogP contribution in [-0.4, -0.2) is 22.3 Å². The van der Waals surface area contributed by atoms with Gasteiger partial charge >= 0.3 is 0 Å². The fourth-order valence-corrected chi connectivity index (χ4v) is 3.32. The summed E-state index contributed by atoms with van der Waals surface area (Å²) in [4.78, 5) is 28.5. The number of benzene rings is 3. The molecule has 0 bridgehead atoms. The van der Waals surface area contributed by atoms with Crippen LogP contribution in [0.1, 0.15) is 29.8 Å². The van der Waals surface area contributed by atoms with Gasteiger partial charge in [-0.25, -0.2) is 0 Å². The van der Waals surface area contributed by atoms with Crippen LogP contribution in [0.5, 0.6) is 5.75 Å². The highest BCUT2D eigenvalue weighted by Crippen LogP contribution is 2.23. The van der Waals surface area contributed by atoms with Crippen molar-refractivity contribution < 1.29 is 14.3 Å². The van der Waals surface area contributed by atoms with Gasteiger partial charge in [0.25, 0.3) is 5.91 Å². The lowest BCUT2D eigenvalue weighted by atomic mass is 10.0. The fourth-order valence-electron chi connectivity index (χ4n) is 3.20. The molecule has 0 aliphatic heterocycles. The van der Waals surface area contributed by atoms with Gasteiger partial charge in [-0.15, -0.1) is 0 Å². The molecule has 0 unspecified atom stereocenters. The number of halogens is 1. The molecule has 0 saturated heterocycles. The second kappa shape index (κ2) is 8.28. The lowest BCUT2D eigenvalue weighted by molar-refractivity contribution is -0.128. The van der Waals surface area contributed by atoms with Crippen molar-refractivity contribution in [2.24, 2.45) is 0 Å². The molecule has 0 aliphatic rings. The van der Waals surface area contributed by atoms with Crippen LogP contribution < -0.4 is 10.1 Å². The second-order valence-electron chi connectivity index (χ2n) is 7.71. The molecule has 0 aliphatic carbocycles. The first kappa shape index (κ1) is 20.7. The van der Waals surface area contributed by atoms with Crippen LogP contribution in [0.2, 0.25) is 5.02 Å². The highest BCUT2D eigenvalue weighted by atomic mass is 35.5. The molecule has 0 saturated carbocycles. The zero-order chi connectivity index (χ0) is 22.0. The summed E-state index contributed by atoms with van der Waals surface area (Å²) in [6, 6.07) is 21.1. The molecule has 0 fully saturated rings. The van der Waals surface area contributed by atoms with Gasteiger partial charge in [-0.3, -0.25) is 9.59 Å². The Morgan fingerprint density at radius 1 is 0.903 bits per heavy atom. The Morgan fingerprint density at radius 3 is 2.23 bits per heavy atom. The van der Waals surface area contributed by atoms with Crippen LogP contribution >= 0.6 is 11.6 Å². The van der Waals surface area contributed by atoms with Gasteiger partial charge in [-0.05, 0) is 86.6 Å². The van der Waals surface area contributed by atoms with E-state index < -0.39 is 5.60 Å². The third kappa shape index (κ3) is 4.62. The molecule has 156 valence electrons. The number of carbonyl (C=O) groups excluding carboxylic acids is 2. The van der Waals surface area contributed by atoms with Crippen molar-refractivity contribution in [3.63, 3.8) is 0 Å². The molecule has 31 heavy (non-hydrogen) atoms. The number of anilines is 1. The number of hydrogen-bond donors (Lipinski definition) is 2. The maximum Gasteiger partial charge on any atom is 0.267 e. The average molecular weight is 433 g/mol. The normalized spacial score (nSPS) is 11.3. The molecule has 4 rings (SSSR count). The summed E-state index contributed by atoms with van der Waals surface area (Å²) in [6.07, 6.45) is 1.85. The van der Waals surface area contributed by atoms with Crippen molar-refractivity contribution in [1.29, 1.82) is 0 Å². The van der Waals surface area contributed by atoms with E-state index in [1.165, 1.54) is 0 Å². The molecule has 1 aromatic heterocycles. The van der Waals surface area contributed by atoms with Crippen molar-refractivity contribution in [2.45, 2.75) is 19.4 Å². The molecule has 2 N–H and O–H groups in total. The quantitative estimate of drug-likeness (QED) is 0.375. The standard InChI is InChI=1S/C25H21ClN2O3/c1-25(2,24(30)28-20-9-12-22-18(15-20)13-14-27-22)31-21-10-5-17(6-11-21)23(29)16-3-7-19(26)8-4-16/h3-15,27H,1-2H3,(H,28,30). The first-order chi connectivity index (χ1) is 14.8. The summed E-state index contributed by atoms with van der Waals surface area (Å²) in [7, 11) is 0. The Balaban J connectivity index is 1.43. The molecule has 5 nitrogen and oxygen atoms in total. The Morgan fingerprint density at radius 2 is 1.55 bits per heavy atom. The van der Waals surface area contributed by atoms with Crippen LogP contribution in [0.4, 0.5) is 5.69 Å². The number of aromatic nitrogens is 1. The van der Waals surface area contributed by atoms with Gasteiger partial charge < -0.3 is 15.0 Å². The smallest absolute Gasteiger partial charge is 0.267 e. The molecular weight excluding hydrogens is 412 g/mol. The number of ketones is 1. The van der Waals surface area contributed by atoms with E-state index in [-0.39, 0.29) is 11.7 Å². The number of aromatic amines is 1. The van der Waals surface area contributed by atoms with Crippen molar-refractivity contribution in [2.75, 3.05) is 5.32 Å². The predicted octanol–water partition coefficient (Wildman–Crippen LogP) is 5.85. The predicted molar refractivity (Wildman–Crippen MR) is 123 cm³/mol. The van der Waals surface area contributed by atoms with Crippen LogP contribution in [0.3, 0.4) is 0 Å². The van der Waals surface area contributed by atoms with Crippen molar-refractivity contribution in [1.82, 2.24) is 4.98 Å². The second-order valence-corrected chi connectivity index (χ2v) is 8.14. The van der Waals surface area contributed by atoms with E-state index >= 15 is 0 Å². The molecule has 0 radical (unpaired) electrons. The summed E-state index contributed by atoms with van der Waals surface area (Å²) >= 11 is 5.88. The number of nitrogens with one attached hydrogen (secondary N) is 2. The number of amides is 1. The van der Waals surface area contributed by atoms with Crippen LogP contribution in [-0.2, 0) is 4.79 Å². The summed E-state index contributed by atoms with van der Waals surface area (Å²) in [5.41, 5.74) is 1.66. The zero-order valence-electron chi connectivity index (χ0n) is 17.1. The SMILES string of the molecule is CC(C)(Oc1ccc(C(=O)c2ccc(Cl)cc2)cc1)C(=O)Nc1ccc2[nH]ccc2c1. The van der Waals surface area contributed by atoms with Crippen molar-refractivity contribution in [3.8, 4) is 5.75 Å². The molecule has 4 aromatic rings. The topological polar surface area (TPSA) is 71.2 Å². The Hall–Kier alpha value is -3.57. The molecule has 0 spiro atoms. The molecule has 1 amide bonds. The van der Waals surface area contributed by atoms with Gasteiger partial charge in [0.2, 0.25) is 0 Å². The van der Waals surface area contributed by atoms with E-state index in [9.17, 15) is 9.59 Å². The largest absolute Gasteiger partial charge is 0.478 e. The number of H-pyrrole nitrogens is 1. The molecular formula is C25H21ClN2O3. The first-order valence-corrected chi connectivity index (χ1v) is 10.2. The third-order valence-electron chi connectivity index (χ3n) is 4.95. The molecule has 1 heterocycles. The van der Waals surface area contributed by atoms with E-state index in [2.05, 4.69) is 10.3 Å². The van der Waals surface area contributed by atoms with Gasteiger partial charge in [0.05, 0.1) is 0 Å². The Labute approximate surface area is 185 Å². The van der Waals surface area contributed by atoms with Gasteiger partial charge in [0.15, 0.2) is 11.4 Å². The van der Waals surface area contributed by atoms with E-state index in [4.69, 9.17) is 16.3 Å². The number of rotatable bonds is 6. The summed E-state index contributed by atoms with van der Waals surface area (Å²) in [5.74, 6) is 0.109. The summed E-state index contributed by atoms with van der Waals surface area (Å²) in [6.45, 7) is 3.40. The highest BCUT2D eigenvalue weighted by molar-refractivity contribution is 6.30. The lowest BCUT2D eigenvalue weighted by Gasteiger charge is -2.25.